The van der Waals surface area contributed by atoms with Crippen molar-refractivity contribution in [3.63, 3.8) is 0 Å². The zero-order valence-electron chi connectivity index (χ0n) is 19.0. The number of nitrogens with zero attached hydrogens (tertiary/aromatic N) is 1. The molecule has 0 N–H and O–H groups in total. The lowest BCUT2D eigenvalue weighted by Crippen LogP contribution is -2.40. The van der Waals surface area contributed by atoms with Crippen LogP contribution in [0.15, 0.2) is 78.9 Å². The monoisotopic (exact) mass is 467 g/mol. The van der Waals surface area contributed by atoms with Crippen LogP contribution in [0.5, 0.6) is 11.5 Å². The molecule has 0 aliphatic carbocycles. The lowest BCUT2D eigenvalue weighted by atomic mass is 9.88. The number of thiophene rings is 1. The van der Waals surface area contributed by atoms with E-state index < -0.39 is 0 Å². The van der Waals surface area contributed by atoms with E-state index in [9.17, 15) is 4.79 Å². The molecule has 3 heterocycles. The van der Waals surface area contributed by atoms with Gasteiger partial charge < -0.3 is 14.4 Å². The second-order valence-electron chi connectivity index (χ2n) is 8.78. The van der Waals surface area contributed by atoms with E-state index in [-0.39, 0.29) is 11.9 Å². The Hall–Kier alpha value is -3.57. The molecule has 0 saturated heterocycles. The summed E-state index contributed by atoms with van der Waals surface area (Å²) in [5.74, 6) is 1.61. The fourth-order valence-electron chi connectivity index (χ4n) is 4.84. The number of hydrogen-bond acceptors (Lipinski definition) is 4. The molecule has 2 aliphatic heterocycles. The Bertz CT molecular complexity index is 1360. The minimum absolute atomic E-state index is 0.0777. The zero-order chi connectivity index (χ0) is 23.1. The van der Waals surface area contributed by atoms with Crippen LogP contribution < -0.4 is 9.47 Å². The van der Waals surface area contributed by atoms with Crippen LogP contribution in [0.4, 0.5) is 0 Å². The molecule has 34 heavy (non-hydrogen) atoms. The van der Waals surface area contributed by atoms with Crippen LogP contribution in [-0.4, -0.2) is 30.6 Å². The molecule has 4 nitrogen and oxygen atoms in total. The summed E-state index contributed by atoms with van der Waals surface area (Å²) in [6.45, 7) is 3.92. The van der Waals surface area contributed by atoms with E-state index in [2.05, 4.69) is 55.5 Å². The number of ether oxygens (including phenoxy) is 2. The Kier molecular flexibility index (Phi) is 5.34. The van der Waals surface area contributed by atoms with Crippen molar-refractivity contribution in [2.75, 3.05) is 19.8 Å². The largest absolute Gasteiger partial charge is 0.486 e. The van der Waals surface area contributed by atoms with E-state index in [0.717, 1.165) is 38.8 Å². The average molecular weight is 468 g/mol. The molecule has 4 aromatic rings. The summed E-state index contributed by atoms with van der Waals surface area (Å²) in [7, 11) is 0. The zero-order valence-corrected chi connectivity index (χ0v) is 19.8. The Morgan fingerprint density at radius 2 is 1.71 bits per heavy atom. The first kappa shape index (κ1) is 21.0. The first-order valence-electron chi connectivity index (χ1n) is 11.6. The first-order chi connectivity index (χ1) is 16.7. The Morgan fingerprint density at radius 1 is 0.912 bits per heavy atom. The summed E-state index contributed by atoms with van der Waals surface area (Å²) < 4.78 is 11.4. The van der Waals surface area contributed by atoms with E-state index in [1.54, 1.807) is 0 Å². The molecule has 0 fully saturated rings. The molecule has 6 rings (SSSR count). The molecular formula is C29H25NO3S. The smallest absolute Gasteiger partial charge is 0.264 e. The van der Waals surface area contributed by atoms with Crippen LogP contribution in [0.2, 0.25) is 0 Å². The van der Waals surface area contributed by atoms with E-state index >= 15 is 0 Å². The molecule has 1 aromatic heterocycles. The molecule has 0 unspecified atom stereocenters. The molecular weight excluding hydrogens is 442 g/mol. The van der Waals surface area contributed by atoms with Crippen molar-refractivity contribution < 1.29 is 14.3 Å². The van der Waals surface area contributed by atoms with Crippen LogP contribution >= 0.6 is 11.3 Å². The third-order valence-corrected chi connectivity index (χ3v) is 7.70. The molecule has 5 heteroatoms. The highest BCUT2D eigenvalue weighted by atomic mass is 32.1. The van der Waals surface area contributed by atoms with Gasteiger partial charge in [0.15, 0.2) is 11.5 Å². The second kappa shape index (κ2) is 8.65. The van der Waals surface area contributed by atoms with E-state index in [1.165, 1.54) is 28.0 Å². The number of amides is 1. The summed E-state index contributed by atoms with van der Waals surface area (Å²) >= 11 is 1.53. The lowest BCUT2D eigenvalue weighted by Gasteiger charge is -2.37. The SMILES string of the molecule is Cc1ccc([C@@H]2c3ccccc3CCN2C(=O)c2ccc(-c3ccc4c(c3)OCCO4)s2)cc1. The number of benzene rings is 3. The van der Waals surface area contributed by atoms with Gasteiger partial charge in [-0.3, -0.25) is 4.79 Å². The van der Waals surface area contributed by atoms with Gasteiger partial charge in [0.25, 0.3) is 5.91 Å². The fourth-order valence-corrected chi connectivity index (χ4v) is 5.80. The first-order valence-corrected chi connectivity index (χ1v) is 12.4. The van der Waals surface area contributed by atoms with Gasteiger partial charge in [0.2, 0.25) is 0 Å². The van der Waals surface area contributed by atoms with Crippen LogP contribution in [0, 0.1) is 6.92 Å². The van der Waals surface area contributed by atoms with Crippen LogP contribution in [0.25, 0.3) is 10.4 Å². The van der Waals surface area contributed by atoms with Gasteiger partial charge in [0.05, 0.1) is 10.9 Å². The molecule has 1 atom stereocenters. The maximum atomic E-state index is 13.8. The van der Waals surface area contributed by atoms with Crippen LogP contribution in [0.1, 0.15) is 38.0 Å². The molecule has 3 aromatic carbocycles. The lowest BCUT2D eigenvalue weighted by molar-refractivity contribution is 0.0699. The minimum Gasteiger partial charge on any atom is -0.486 e. The van der Waals surface area contributed by atoms with Crippen LogP contribution in [0.3, 0.4) is 0 Å². The van der Waals surface area contributed by atoms with E-state index in [4.69, 9.17) is 9.47 Å². The Balaban J connectivity index is 1.34. The number of aryl methyl sites for hydroxylation is 1. The Labute approximate surface area is 203 Å². The highest BCUT2D eigenvalue weighted by Gasteiger charge is 2.33. The van der Waals surface area contributed by atoms with Gasteiger partial charge in [-0.05, 0) is 65.9 Å². The maximum Gasteiger partial charge on any atom is 0.264 e. The molecule has 0 radical (unpaired) electrons. The molecule has 0 spiro atoms. The van der Waals surface area contributed by atoms with Gasteiger partial charge in [-0.1, -0.05) is 54.1 Å². The van der Waals surface area contributed by atoms with E-state index in [1.807, 2.05) is 35.2 Å². The van der Waals surface area contributed by atoms with Crippen LogP contribution in [-0.2, 0) is 6.42 Å². The van der Waals surface area contributed by atoms with Gasteiger partial charge >= 0.3 is 0 Å². The molecule has 0 bridgehead atoms. The summed E-state index contributed by atoms with van der Waals surface area (Å²) in [5.41, 5.74) is 5.94. The normalized spacial score (nSPS) is 16.7. The average Bonchev–Trinajstić information content (AvgIpc) is 3.38. The van der Waals surface area contributed by atoms with Crippen molar-refractivity contribution in [1.82, 2.24) is 4.90 Å². The van der Waals surface area contributed by atoms with E-state index in [0.29, 0.717) is 19.8 Å². The number of hydrogen-bond donors (Lipinski definition) is 0. The van der Waals surface area contributed by atoms with Crippen molar-refractivity contribution in [3.8, 4) is 21.9 Å². The van der Waals surface area contributed by atoms with Gasteiger partial charge in [-0.2, -0.15) is 0 Å². The highest BCUT2D eigenvalue weighted by molar-refractivity contribution is 7.17. The summed E-state index contributed by atoms with van der Waals surface area (Å²) in [4.78, 5) is 17.7. The summed E-state index contributed by atoms with van der Waals surface area (Å²) in [5, 5.41) is 0. The van der Waals surface area contributed by atoms with Crippen molar-refractivity contribution in [2.24, 2.45) is 0 Å². The van der Waals surface area contributed by atoms with Crippen molar-refractivity contribution >= 4 is 17.2 Å². The third kappa shape index (κ3) is 3.76. The van der Waals surface area contributed by atoms with Gasteiger partial charge in [-0.15, -0.1) is 11.3 Å². The number of rotatable bonds is 3. The third-order valence-electron chi connectivity index (χ3n) is 6.58. The quantitative estimate of drug-likeness (QED) is 0.356. The topological polar surface area (TPSA) is 38.8 Å². The Morgan fingerprint density at radius 3 is 2.56 bits per heavy atom. The minimum atomic E-state index is -0.0853. The van der Waals surface area contributed by atoms with Gasteiger partial charge in [0, 0.05) is 11.4 Å². The van der Waals surface area contributed by atoms with Gasteiger partial charge in [-0.25, -0.2) is 0 Å². The highest BCUT2D eigenvalue weighted by Crippen LogP contribution is 2.39. The number of carbonyl (C=O) groups is 1. The number of carbonyl (C=O) groups excluding carboxylic acids is 1. The fraction of sp³-hybridized carbons (Fsp3) is 0.207. The predicted octanol–water partition coefficient (Wildman–Crippen LogP) is 6.28. The molecule has 1 amide bonds. The molecule has 2 aliphatic rings. The molecule has 0 saturated carbocycles. The predicted molar refractivity (Wildman–Crippen MR) is 135 cm³/mol. The van der Waals surface area contributed by atoms with Crippen molar-refractivity contribution in [3.05, 3.63) is 106 Å². The second-order valence-corrected chi connectivity index (χ2v) is 9.87. The van der Waals surface area contributed by atoms with Gasteiger partial charge in [0.1, 0.15) is 13.2 Å². The summed E-state index contributed by atoms with van der Waals surface area (Å²) in [6.07, 6.45) is 0.866. The standard InChI is InChI=1S/C29H25NO3S/c1-19-6-8-21(9-7-19)28-23-5-3-2-4-20(23)14-15-30(28)29(31)27-13-12-26(34-27)22-10-11-24-25(18-22)33-17-16-32-24/h2-13,18,28H,14-17H2,1H3/t28-/m1/s1. The maximum absolute atomic E-state index is 13.8. The summed E-state index contributed by atoms with van der Waals surface area (Å²) in [6, 6.07) is 26.9. The van der Waals surface area contributed by atoms with Crippen molar-refractivity contribution in [2.45, 2.75) is 19.4 Å². The number of fused-ring (bicyclic) bond motifs is 2. The van der Waals surface area contributed by atoms with Crippen molar-refractivity contribution in [1.29, 1.82) is 0 Å². The molecule has 170 valence electrons.